The average molecular weight is 390 g/mol. The minimum Gasteiger partial charge on any atom is -0.457 e. The van der Waals surface area contributed by atoms with Crippen LogP contribution in [0.5, 0.6) is 0 Å². The van der Waals surface area contributed by atoms with Crippen LogP contribution in [0, 0.1) is 0 Å². The Labute approximate surface area is 157 Å². The lowest BCUT2D eigenvalue weighted by molar-refractivity contribution is -0.145. The average Bonchev–Trinajstić information content (AvgIpc) is 3.34. The maximum Gasteiger partial charge on any atom is 0.325 e. The van der Waals surface area contributed by atoms with E-state index in [0.29, 0.717) is 23.1 Å². The van der Waals surface area contributed by atoms with Gasteiger partial charge in [-0.1, -0.05) is 12.8 Å². The van der Waals surface area contributed by atoms with Crippen LogP contribution in [0.25, 0.3) is 10.2 Å². The van der Waals surface area contributed by atoms with Crippen LogP contribution in [-0.2, 0) is 20.9 Å². The summed E-state index contributed by atoms with van der Waals surface area (Å²) in [5, 5.41) is 4.53. The molecule has 0 aromatic carbocycles. The van der Waals surface area contributed by atoms with Crippen molar-refractivity contribution >= 4 is 39.5 Å². The van der Waals surface area contributed by atoms with Gasteiger partial charge in [0.2, 0.25) is 0 Å². The van der Waals surface area contributed by atoms with Gasteiger partial charge in [-0.15, -0.1) is 11.3 Å². The van der Waals surface area contributed by atoms with Gasteiger partial charge in [0.25, 0.3) is 11.5 Å². The Bertz CT molecular complexity index is 975. The van der Waals surface area contributed by atoms with Crippen molar-refractivity contribution in [3.63, 3.8) is 0 Å². The van der Waals surface area contributed by atoms with Crippen LogP contribution in [0.2, 0.25) is 0 Å². The van der Waals surface area contributed by atoms with E-state index in [0.717, 1.165) is 17.7 Å². The molecule has 2 aromatic heterocycles. The molecule has 3 amide bonds. The smallest absolute Gasteiger partial charge is 0.325 e. The SMILES string of the molecule is O=C(CCN1C(=O)NC2(CCCC2)C1=O)OCc1nc2ccsc2c(=O)[nH]1. The van der Waals surface area contributed by atoms with Crippen molar-refractivity contribution in [3.8, 4) is 0 Å². The van der Waals surface area contributed by atoms with Crippen molar-refractivity contribution in [1.29, 1.82) is 0 Å². The highest BCUT2D eigenvalue weighted by atomic mass is 32.1. The number of imide groups is 1. The van der Waals surface area contributed by atoms with Gasteiger partial charge in [0.15, 0.2) is 0 Å². The zero-order chi connectivity index (χ0) is 19.0. The molecule has 142 valence electrons. The molecule has 2 fully saturated rings. The highest BCUT2D eigenvalue weighted by Gasteiger charge is 2.52. The molecule has 0 unspecified atom stereocenters. The van der Waals surface area contributed by atoms with Gasteiger partial charge >= 0.3 is 12.0 Å². The minimum atomic E-state index is -0.777. The number of rotatable bonds is 5. The van der Waals surface area contributed by atoms with Gasteiger partial charge in [0.05, 0.1) is 11.9 Å². The van der Waals surface area contributed by atoms with Crippen LogP contribution in [0.4, 0.5) is 4.79 Å². The van der Waals surface area contributed by atoms with Crippen LogP contribution in [0.1, 0.15) is 37.9 Å². The lowest BCUT2D eigenvalue weighted by Crippen LogP contribution is -2.44. The molecule has 0 atom stereocenters. The van der Waals surface area contributed by atoms with E-state index < -0.39 is 17.5 Å². The molecule has 10 heteroatoms. The van der Waals surface area contributed by atoms with Gasteiger partial charge in [-0.3, -0.25) is 19.3 Å². The molecule has 2 aromatic rings. The molecule has 27 heavy (non-hydrogen) atoms. The molecule has 1 saturated carbocycles. The van der Waals surface area contributed by atoms with E-state index in [1.165, 1.54) is 11.3 Å². The van der Waals surface area contributed by atoms with E-state index in [9.17, 15) is 19.2 Å². The number of nitrogens with one attached hydrogen (secondary N) is 2. The Morgan fingerprint density at radius 3 is 2.85 bits per heavy atom. The first-order valence-corrected chi connectivity index (χ1v) is 9.63. The highest BCUT2D eigenvalue weighted by Crippen LogP contribution is 2.35. The van der Waals surface area contributed by atoms with E-state index in [1.54, 1.807) is 11.4 Å². The van der Waals surface area contributed by atoms with Crippen molar-refractivity contribution in [2.24, 2.45) is 0 Å². The fraction of sp³-hybridized carbons (Fsp3) is 0.471. The van der Waals surface area contributed by atoms with Gasteiger partial charge in [-0.2, -0.15) is 0 Å². The molecule has 0 radical (unpaired) electrons. The van der Waals surface area contributed by atoms with Crippen molar-refractivity contribution in [2.45, 2.75) is 44.2 Å². The van der Waals surface area contributed by atoms with Gasteiger partial charge in [-0.05, 0) is 24.3 Å². The summed E-state index contributed by atoms with van der Waals surface area (Å²) in [5.74, 6) is -0.582. The summed E-state index contributed by atoms with van der Waals surface area (Å²) in [5.41, 5.74) is -0.501. The maximum atomic E-state index is 12.5. The second-order valence-corrected chi connectivity index (χ2v) is 7.65. The van der Waals surface area contributed by atoms with Crippen molar-refractivity contribution < 1.29 is 19.1 Å². The monoisotopic (exact) mass is 390 g/mol. The second kappa shape index (κ2) is 6.76. The maximum absolute atomic E-state index is 12.5. The van der Waals surface area contributed by atoms with Crippen molar-refractivity contribution in [3.05, 3.63) is 27.6 Å². The Kier molecular flexibility index (Phi) is 4.42. The highest BCUT2D eigenvalue weighted by molar-refractivity contribution is 7.17. The summed E-state index contributed by atoms with van der Waals surface area (Å²) in [6.45, 7) is -0.206. The van der Waals surface area contributed by atoms with Crippen molar-refractivity contribution in [2.75, 3.05) is 6.54 Å². The largest absolute Gasteiger partial charge is 0.457 e. The molecule has 4 rings (SSSR count). The molecular formula is C17H18N4O5S. The first-order valence-electron chi connectivity index (χ1n) is 8.75. The zero-order valence-corrected chi connectivity index (χ0v) is 15.3. The Balaban J connectivity index is 1.32. The molecular weight excluding hydrogens is 372 g/mol. The fourth-order valence-electron chi connectivity index (χ4n) is 3.61. The summed E-state index contributed by atoms with van der Waals surface area (Å²) in [4.78, 5) is 56.3. The molecule has 2 N–H and O–H groups in total. The van der Waals surface area contributed by atoms with E-state index in [2.05, 4.69) is 15.3 Å². The summed E-state index contributed by atoms with van der Waals surface area (Å²) >= 11 is 1.29. The van der Waals surface area contributed by atoms with E-state index in [-0.39, 0.29) is 36.9 Å². The number of carbonyl (C=O) groups excluding carboxylic acids is 3. The van der Waals surface area contributed by atoms with Crippen molar-refractivity contribution in [1.82, 2.24) is 20.2 Å². The minimum absolute atomic E-state index is 0.0290. The van der Waals surface area contributed by atoms with Crippen LogP contribution in [-0.4, -0.2) is 44.9 Å². The predicted molar refractivity (Wildman–Crippen MR) is 96.1 cm³/mol. The molecule has 0 bridgehead atoms. The fourth-order valence-corrected chi connectivity index (χ4v) is 4.34. The predicted octanol–water partition coefficient (Wildman–Crippen LogP) is 1.28. The molecule has 3 heterocycles. The third kappa shape index (κ3) is 3.20. The third-order valence-electron chi connectivity index (χ3n) is 4.98. The van der Waals surface area contributed by atoms with E-state index in [1.807, 2.05) is 0 Å². The quantitative estimate of drug-likeness (QED) is 0.586. The van der Waals surface area contributed by atoms with Gasteiger partial charge in [0, 0.05) is 6.54 Å². The number of H-pyrrole nitrogens is 1. The zero-order valence-electron chi connectivity index (χ0n) is 14.4. The number of thiophene rings is 1. The summed E-state index contributed by atoms with van der Waals surface area (Å²) in [7, 11) is 0. The molecule has 1 saturated heterocycles. The normalized spacial score (nSPS) is 18.4. The summed E-state index contributed by atoms with van der Waals surface area (Å²) < 4.78 is 5.64. The Morgan fingerprint density at radius 2 is 2.07 bits per heavy atom. The van der Waals surface area contributed by atoms with Gasteiger partial charge in [-0.25, -0.2) is 9.78 Å². The summed E-state index contributed by atoms with van der Waals surface area (Å²) in [6, 6.07) is 1.26. The number of amides is 3. The third-order valence-corrected chi connectivity index (χ3v) is 5.88. The first-order chi connectivity index (χ1) is 13.0. The van der Waals surface area contributed by atoms with E-state index >= 15 is 0 Å². The topological polar surface area (TPSA) is 121 Å². The first kappa shape index (κ1) is 17.7. The van der Waals surface area contributed by atoms with Gasteiger partial charge < -0.3 is 15.0 Å². The van der Waals surface area contributed by atoms with Crippen LogP contribution in [0.15, 0.2) is 16.2 Å². The molecule has 1 aliphatic carbocycles. The number of aromatic nitrogens is 2. The van der Waals surface area contributed by atoms with Crippen LogP contribution >= 0.6 is 11.3 Å². The molecule has 9 nitrogen and oxygen atoms in total. The van der Waals surface area contributed by atoms with Crippen LogP contribution < -0.4 is 10.9 Å². The number of aromatic amines is 1. The second-order valence-electron chi connectivity index (χ2n) is 6.73. The number of hydrogen-bond acceptors (Lipinski definition) is 7. The number of carbonyl (C=O) groups is 3. The molecule has 1 aliphatic heterocycles. The number of urea groups is 1. The van der Waals surface area contributed by atoms with E-state index in [4.69, 9.17) is 4.74 Å². The number of nitrogens with zero attached hydrogens (tertiary/aromatic N) is 2. The molecule has 1 spiro atoms. The lowest BCUT2D eigenvalue weighted by Gasteiger charge is -2.19. The number of ether oxygens (including phenoxy) is 1. The number of hydrogen-bond donors (Lipinski definition) is 2. The number of esters is 1. The Morgan fingerprint density at radius 1 is 1.30 bits per heavy atom. The number of fused-ring (bicyclic) bond motifs is 1. The van der Waals surface area contributed by atoms with Gasteiger partial charge in [0.1, 0.15) is 22.7 Å². The standard InChI is InChI=1S/C17H18N4O5S/c22-12(26-9-11-18-10-4-8-27-13(10)14(23)19-11)3-7-21-15(24)17(20-16(21)25)5-1-2-6-17/h4,8H,1-3,5-7,9H2,(H,20,25)(H,18,19,23). The van der Waals surface area contributed by atoms with Crippen LogP contribution in [0.3, 0.4) is 0 Å². The molecule has 2 aliphatic rings. The summed E-state index contributed by atoms with van der Waals surface area (Å²) in [6.07, 6.45) is 2.98. The lowest BCUT2D eigenvalue weighted by atomic mass is 9.98. The Hall–Kier alpha value is -2.75.